The summed E-state index contributed by atoms with van der Waals surface area (Å²) in [6, 6.07) is 6.78. The summed E-state index contributed by atoms with van der Waals surface area (Å²) in [4.78, 5) is 37.2. The third-order valence-electron chi connectivity index (χ3n) is 4.47. The molecule has 142 valence electrons. The molecule has 0 spiro atoms. The van der Waals surface area contributed by atoms with Crippen LogP contribution in [0.1, 0.15) is 44.7 Å². The van der Waals surface area contributed by atoms with E-state index < -0.39 is 17.9 Å². The molecule has 0 bridgehead atoms. The molecule has 0 saturated carbocycles. The van der Waals surface area contributed by atoms with Crippen LogP contribution in [0.5, 0.6) is 5.75 Å². The highest BCUT2D eigenvalue weighted by atomic mass is 16.5. The third kappa shape index (κ3) is 5.21. The molecule has 1 aliphatic rings. The van der Waals surface area contributed by atoms with Gasteiger partial charge in [0.2, 0.25) is 11.8 Å². The normalized spacial score (nSPS) is 18.1. The topological polar surface area (TPSA) is 95.9 Å². The summed E-state index contributed by atoms with van der Waals surface area (Å²) in [5.74, 6) is -1.18. The number of carboxylic acids is 1. The lowest BCUT2D eigenvalue weighted by Gasteiger charge is -2.32. The molecule has 0 aromatic heterocycles. The summed E-state index contributed by atoms with van der Waals surface area (Å²) < 4.78 is 5.62. The van der Waals surface area contributed by atoms with Crippen molar-refractivity contribution < 1.29 is 24.2 Å². The lowest BCUT2D eigenvalue weighted by molar-refractivity contribution is -0.145. The van der Waals surface area contributed by atoms with Crippen molar-refractivity contribution in [2.75, 3.05) is 19.7 Å². The van der Waals surface area contributed by atoms with Crippen LogP contribution in [0, 0.1) is 5.92 Å². The van der Waals surface area contributed by atoms with Crippen LogP contribution < -0.4 is 10.1 Å². The molecule has 1 aromatic rings. The van der Waals surface area contributed by atoms with E-state index in [0.717, 1.165) is 5.56 Å². The molecule has 2 unspecified atom stereocenters. The molecule has 7 nitrogen and oxygen atoms in total. The molecule has 0 aliphatic carbocycles. The van der Waals surface area contributed by atoms with E-state index in [9.17, 15) is 19.5 Å². The Labute approximate surface area is 153 Å². The van der Waals surface area contributed by atoms with Crippen molar-refractivity contribution in [2.24, 2.45) is 5.92 Å². The van der Waals surface area contributed by atoms with Crippen LogP contribution in [0.15, 0.2) is 24.3 Å². The molecule has 7 heteroatoms. The maximum Gasteiger partial charge on any atom is 0.308 e. The van der Waals surface area contributed by atoms with Crippen molar-refractivity contribution in [3.63, 3.8) is 0 Å². The maximum atomic E-state index is 12.7. The Kier molecular flexibility index (Phi) is 7.00. The number of para-hydroxylation sites is 1. The number of nitrogens with zero attached hydrogens (tertiary/aromatic N) is 1. The minimum Gasteiger partial charge on any atom is -0.494 e. The Morgan fingerprint density at radius 2 is 2.08 bits per heavy atom. The van der Waals surface area contributed by atoms with Gasteiger partial charge in [-0.15, -0.1) is 0 Å². The van der Waals surface area contributed by atoms with Crippen LogP contribution >= 0.6 is 0 Å². The van der Waals surface area contributed by atoms with E-state index in [1.165, 1.54) is 6.92 Å². The number of hydrogen-bond acceptors (Lipinski definition) is 4. The number of nitrogens with one attached hydrogen (secondary N) is 1. The van der Waals surface area contributed by atoms with E-state index in [2.05, 4.69) is 5.32 Å². The number of benzene rings is 1. The first-order valence-electron chi connectivity index (χ1n) is 8.91. The summed E-state index contributed by atoms with van der Waals surface area (Å²) in [5.41, 5.74) is 0.740. The van der Waals surface area contributed by atoms with Gasteiger partial charge in [-0.2, -0.15) is 0 Å². The van der Waals surface area contributed by atoms with Crippen molar-refractivity contribution in [3.8, 4) is 5.75 Å². The Morgan fingerprint density at radius 3 is 2.73 bits per heavy atom. The quantitative estimate of drug-likeness (QED) is 0.773. The third-order valence-corrected chi connectivity index (χ3v) is 4.47. The van der Waals surface area contributed by atoms with E-state index >= 15 is 0 Å². The average molecular weight is 362 g/mol. The standard InChI is InChI=1S/C19H26N2O5/c1-3-26-17-9-5-4-8-15(17)16(20-13(2)22)11-18(23)21-10-6-7-14(12-21)19(24)25/h4-5,8-9,14,16H,3,6-7,10-12H2,1-2H3,(H,20,22)(H,24,25). The van der Waals surface area contributed by atoms with Crippen molar-refractivity contribution in [3.05, 3.63) is 29.8 Å². The van der Waals surface area contributed by atoms with Gasteiger partial charge in [-0.1, -0.05) is 18.2 Å². The summed E-state index contributed by atoms with van der Waals surface area (Å²) in [6.45, 7) is 4.51. The monoisotopic (exact) mass is 362 g/mol. The molecule has 1 aliphatic heterocycles. The fourth-order valence-corrected chi connectivity index (χ4v) is 3.25. The predicted molar refractivity (Wildman–Crippen MR) is 95.7 cm³/mol. The number of carbonyl (C=O) groups is 3. The highest BCUT2D eigenvalue weighted by Gasteiger charge is 2.30. The minimum atomic E-state index is -0.873. The predicted octanol–water partition coefficient (Wildman–Crippen LogP) is 1.98. The average Bonchev–Trinajstić information content (AvgIpc) is 2.61. The molecule has 1 heterocycles. The minimum absolute atomic E-state index is 0.0655. The molecule has 2 amide bonds. The second-order valence-electron chi connectivity index (χ2n) is 6.45. The zero-order valence-corrected chi connectivity index (χ0v) is 15.2. The van der Waals surface area contributed by atoms with Crippen LogP contribution in [0.3, 0.4) is 0 Å². The second-order valence-corrected chi connectivity index (χ2v) is 6.45. The number of likely N-dealkylation sites (tertiary alicyclic amines) is 1. The Hall–Kier alpha value is -2.57. The van der Waals surface area contributed by atoms with Gasteiger partial charge in [0.15, 0.2) is 0 Å². The molecule has 2 N–H and O–H groups in total. The molecule has 1 saturated heterocycles. The van der Waals surface area contributed by atoms with Gasteiger partial charge in [0.1, 0.15) is 5.75 Å². The SMILES string of the molecule is CCOc1ccccc1C(CC(=O)N1CCCC(C(=O)O)C1)NC(C)=O. The number of ether oxygens (including phenoxy) is 1. The summed E-state index contributed by atoms with van der Waals surface area (Å²) in [7, 11) is 0. The highest BCUT2D eigenvalue weighted by Crippen LogP contribution is 2.29. The summed E-state index contributed by atoms with van der Waals surface area (Å²) in [5, 5.41) is 12.0. The largest absolute Gasteiger partial charge is 0.494 e. The second kappa shape index (κ2) is 9.22. The van der Waals surface area contributed by atoms with Crippen LogP contribution in [-0.4, -0.2) is 47.5 Å². The molecule has 26 heavy (non-hydrogen) atoms. The van der Waals surface area contributed by atoms with Gasteiger partial charge in [0, 0.05) is 25.6 Å². The molecular formula is C19H26N2O5. The summed E-state index contributed by atoms with van der Waals surface area (Å²) in [6.07, 6.45) is 1.32. The number of amides is 2. The maximum absolute atomic E-state index is 12.7. The van der Waals surface area contributed by atoms with Crippen molar-refractivity contribution in [2.45, 2.75) is 39.2 Å². The summed E-state index contributed by atoms with van der Waals surface area (Å²) >= 11 is 0. The van der Waals surface area contributed by atoms with E-state index in [4.69, 9.17) is 4.74 Å². The van der Waals surface area contributed by atoms with E-state index in [1.807, 2.05) is 25.1 Å². The zero-order valence-electron chi connectivity index (χ0n) is 15.2. The number of hydrogen-bond donors (Lipinski definition) is 2. The first kappa shape index (κ1) is 19.8. The van der Waals surface area contributed by atoms with Gasteiger partial charge in [0.25, 0.3) is 0 Å². The van der Waals surface area contributed by atoms with E-state index in [-0.39, 0.29) is 24.8 Å². The number of rotatable bonds is 7. The molecule has 2 atom stereocenters. The lowest BCUT2D eigenvalue weighted by atomic mass is 9.96. The van der Waals surface area contributed by atoms with Crippen molar-refractivity contribution in [1.82, 2.24) is 10.2 Å². The van der Waals surface area contributed by atoms with Crippen molar-refractivity contribution >= 4 is 17.8 Å². The number of carbonyl (C=O) groups excluding carboxylic acids is 2. The molecular weight excluding hydrogens is 336 g/mol. The zero-order chi connectivity index (χ0) is 19.1. The van der Waals surface area contributed by atoms with Crippen molar-refractivity contribution in [1.29, 1.82) is 0 Å². The Balaban J connectivity index is 2.16. The molecule has 1 fully saturated rings. The van der Waals surface area contributed by atoms with Gasteiger partial charge in [-0.25, -0.2) is 0 Å². The fourth-order valence-electron chi connectivity index (χ4n) is 3.25. The molecule has 1 aromatic carbocycles. The first-order chi connectivity index (χ1) is 12.4. The van der Waals surface area contributed by atoms with E-state index in [0.29, 0.717) is 31.7 Å². The van der Waals surface area contributed by atoms with Gasteiger partial charge in [0.05, 0.1) is 25.0 Å². The number of piperidine rings is 1. The van der Waals surface area contributed by atoms with E-state index in [1.54, 1.807) is 11.0 Å². The smallest absolute Gasteiger partial charge is 0.308 e. The van der Waals surface area contributed by atoms with Crippen LogP contribution in [0.2, 0.25) is 0 Å². The first-order valence-corrected chi connectivity index (χ1v) is 8.91. The van der Waals surface area contributed by atoms with Crippen LogP contribution in [0.25, 0.3) is 0 Å². The lowest BCUT2D eigenvalue weighted by Crippen LogP contribution is -2.43. The highest BCUT2D eigenvalue weighted by molar-refractivity contribution is 5.80. The van der Waals surface area contributed by atoms with Gasteiger partial charge >= 0.3 is 5.97 Å². The van der Waals surface area contributed by atoms with Crippen LogP contribution in [-0.2, 0) is 14.4 Å². The Bertz CT molecular complexity index is 661. The van der Waals surface area contributed by atoms with Crippen LogP contribution in [0.4, 0.5) is 0 Å². The molecule has 2 rings (SSSR count). The van der Waals surface area contributed by atoms with Gasteiger partial charge in [-0.05, 0) is 25.8 Å². The number of aliphatic carboxylic acids is 1. The fraction of sp³-hybridized carbons (Fsp3) is 0.526. The molecule has 0 radical (unpaired) electrons. The number of carboxylic acid groups (broad SMARTS) is 1. The Morgan fingerprint density at radius 1 is 1.35 bits per heavy atom. The van der Waals surface area contributed by atoms with Gasteiger partial charge in [-0.3, -0.25) is 14.4 Å². The van der Waals surface area contributed by atoms with Gasteiger partial charge < -0.3 is 20.1 Å².